The zero-order chi connectivity index (χ0) is 18.2. The van der Waals surface area contributed by atoms with Crippen molar-refractivity contribution in [2.24, 2.45) is 11.3 Å². The van der Waals surface area contributed by atoms with E-state index in [4.69, 9.17) is 9.84 Å². The lowest BCUT2D eigenvalue weighted by Crippen LogP contribution is -2.45. The van der Waals surface area contributed by atoms with E-state index in [1.54, 1.807) is 0 Å². The average molecular weight is 342 g/mol. The number of nitrogens with one attached hydrogen (secondary N) is 2. The summed E-state index contributed by atoms with van der Waals surface area (Å²) in [5.41, 5.74) is 0.0940. The van der Waals surface area contributed by atoms with Gasteiger partial charge < -0.3 is 20.5 Å². The lowest BCUT2D eigenvalue weighted by Gasteiger charge is -2.26. The molecule has 0 unspecified atom stereocenters. The van der Waals surface area contributed by atoms with E-state index in [9.17, 15) is 14.4 Å². The van der Waals surface area contributed by atoms with E-state index in [0.29, 0.717) is 32.1 Å². The topological polar surface area (TPSA) is 105 Å². The third-order valence-corrected chi connectivity index (χ3v) is 4.14. The molecule has 2 amide bonds. The minimum atomic E-state index is -0.758. The molecule has 1 rings (SSSR count). The van der Waals surface area contributed by atoms with E-state index in [0.717, 1.165) is 6.42 Å². The highest BCUT2D eigenvalue weighted by Crippen LogP contribution is 2.24. The van der Waals surface area contributed by atoms with Crippen LogP contribution in [0.15, 0.2) is 0 Å². The maximum absolute atomic E-state index is 11.7. The summed E-state index contributed by atoms with van der Waals surface area (Å²) in [5, 5.41) is 14.4. The first kappa shape index (κ1) is 20.3. The van der Waals surface area contributed by atoms with Gasteiger partial charge in [-0.05, 0) is 37.5 Å². The number of aliphatic carboxylic acids is 1. The number of amides is 2. The third kappa shape index (κ3) is 8.74. The standard InChI is InChI=1S/C17H30N2O5/c1-17(2,3)9-8-14(20)24-11-10-18-16(23)19-13-6-4-12(5-7-13)15(21)22/h12-13H,4-11H2,1-3H3,(H,21,22)(H2,18,19,23). The zero-order valence-corrected chi connectivity index (χ0v) is 14.9. The number of hydrogen-bond acceptors (Lipinski definition) is 4. The molecule has 0 saturated heterocycles. The van der Waals surface area contributed by atoms with E-state index in [2.05, 4.69) is 31.4 Å². The van der Waals surface area contributed by atoms with Crippen molar-refractivity contribution in [2.75, 3.05) is 13.2 Å². The highest BCUT2D eigenvalue weighted by atomic mass is 16.5. The van der Waals surface area contributed by atoms with Crippen LogP contribution in [0.1, 0.15) is 59.3 Å². The normalized spacial score (nSPS) is 21.0. The first-order valence-electron chi connectivity index (χ1n) is 8.60. The van der Waals surface area contributed by atoms with Gasteiger partial charge in [0.05, 0.1) is 12.5 Å². The van der Waals surface area contributed by atoms with Gasteiger partial charge in [-0.25, -0.2) is 4.79 Å². The van der Waals surface area contributed by atoms with Crippen LogP contribution in [0.5, 0.6) is 0 Å². The fourth-order valence-electron chi connectivity index (χ4n) is 2.60. The Balaban J connectivity index is 2.08. The smallest absolute Gasteiger partial charge is 0.315 e. The molecule has 0 bridgehead atoms. The quantitative estimate of drug-likeness (QED) is 0.486. The van der Waals surface area contributed by atoms with Crippen molar-refractivity contribution < 1.29 is 24.2 Å². The lowest BCUT2D eigenvalue weighted by molar-refractivity contribution is -0.144. The molecular weight excluding hydrogens is 312 g/mol. The number of esters is 1. The molecule has 0 aromatic heterocycles. The molecule has 7 nitrogen and oxygen atoms in total. The van der Waals surface area contributed by atoms with Crippen molar-refractivity contribution in [3.8, 4) is 0 Å². The first-order chi connectivity index (χ1) is 11.2. The zero-order valence-electron chi connectivity index (χ0n) is 14.9. The van der Waals surface area contributed by atoms with Gasteiger partial charge in [-0.2, -0.15) is 0 Å². The SMILES string of the molecule is CC(C)(C)CCC(=O)OCCNC(=O)NC1CCC(C(=O)O)CC1. The van der Waals surface area contributed by atoms with E-state index in [-0.39, 0.29) is 42.5 Å². The predicted octanol–water partition coefficient (Wildman–Crippen LogP) is 2.30. The van der Waals surface area contributed by atoms with Crippen LogP contribution in [-0.4, -0.2) is 42.3 Å². The molecule has 3 N–H and O–H groups in total. The maximum atomic E-state index is 11.7. The molecule has 7 heteroatoms. The summed E-state index contributed by atoms with van der Waals surface area (Å²) in [4.78, 5) is 34.2. The van der Waals surface area contributed by atoms with Crippen LogP contribution in [0.2, 0.25) is 0 Å². The van der Waals surface area contributed by atoms with Crippen LogP contribution in [0.25, 0.3) is 0 Å². The van der Waals surface area contributed by atoms with Gasteiger partial charge in [-0.3, -0.25) is 9.59 Å². The number of hydrogen-bond donors (Lipinski definition) is 3. The maximum Gasteiger partial charge on any atom is 0.315 e. The summed E-state index contributed by atoms with van der Waals surface area (Å²) in [5.74, 6) is -1.30. The summed E-state index contributed by atoms with van der Waals surface area (Å²) in [7, 11) is 0. The summed E-state index contributed by atoms with van der Waals surface area (Å²) in [6, 6.07) is -0.297. The van der Waals surface area contributed by atoms with Crippen molar-refractivity contribution in [1.29, 1.82) is 0 Å². The fourth-order valence-corrected chi connectivity index (χ4v) is 2.60. The fraction of sp³-hybridized carbons (Fsp3) is 0.824. The third-order valence-electron chi connectivity index (χ3n) is 4.14. The second kappa shape index (κ2) is 9.49. The Kier molecular flexibility index (Phi) is 8.01. The van der Waals surface area contributed by atoms with Gasteiger partial charge in [-0.1, -0.05) is 20.8 Å². The van der Waals surface area contributed by atoms with Crippen LogP contribution in [0.3, 0.4) is 0 Å². The van der Waals surface area contributed by atoms with Crippen molar-refractivity contribution in [3.05, 3.63) is 0 Å². The molecule has 0 aromatic carbocycles. The number of carbonyl (C=O) groups is 3. The van der Waals surface area contributed by atoms with Gasteiger partial charge >= 0.3 is 18.0 Å². The summed E-state index contributed by atoms with van der Waals surface area (Å²) < 4.78 is 5.07. The predicted molar refractivity (Wildman–Crippen MR) is 89.6 cm³/mol. The Morgan fingerprint density at radius 3 is 2.29 bits per heavy atom. The molecule has 1 fully saturated rings. The number of carbonyl (C=O) groups excluding carboxylic acids is 2. The molecule has 24 heavy (non-hydrogen) atoms. The summed E-state index contributed by atoms with van der Waals surface area (Å²) in [6.45, 7) is 6.61. The van der Waals surface area contributed by atoms with Gasteiger partial charge in [0.25, 0.3) is 0 Å². The molecule has 0 radical (unpaired) electrons. The molecule has 1 aliphatic rings. The average Bonchev–Trinajstić information content (AvgIpc) is 2.49. The molecule has 0 atom stereocenters. The minimum Gasteiger partial charge on any atom is -0.481 e. The monoisotopic (exact) mass is 342 g/mol. The largest absolute Gasteiger partial charge is 0.481 e. The Bertz CT molecular complexity index is 437. The molecule has 1 aliphatic carbocycles. The lowest BCUT2D eigenvalue weighted by atomic mass is 9.86. The summed E-state index contributed by atoms with van der Waals surface area (Å²) in [6.07, 6.45) is 3.66. The van der Waals surface area contributed by atoms with Crippen LogP contribution >= 0.6 is 0 Å². The van der Waals surface area contributed by atoms with Gasteiger partial charge in [0.1, 0.15) is 6.61 Å². The molecule has 138 valence electrons. The Hall–Kier alpha value is -1.79. The van der Waals surface area contributed by atoms with Crippen molar-refractivity contribution in [3.63, 3.8) is 0 Å². The Morgan fingerprint density at radius 2 is 1.75 bits per heavy atom. The molecular formula is C17H30N2O5. The minimum absolute atomic E-state index is 0.00920. The van der Waals surface area contributed by atoms with Gasteiger partial charge in [0, 0.05) is 12.5 Å². The summed E-state index contributed by atoms with van der Waals surface area (Å²) >= 11 is 0. The van der Waals surface area contributed by atoms with Crippen LogP contribution in [-0.2, 0) is 14.3 Å². The van der Waals surface area contributed by atoms with Gasteiger partial charge in [0.15, 0.2) is 0 Å². The molecule has 0 spiro atoms. The van der Waals surface area contributed by atoms with E-state index in [1.165, 1.54) is 0 Å². The highest BCUT2D eigenvalue weighted by Gasteiger charge is 2.26. The van der Waals surface area contributed by atoms with Crippen LogP contribution in [0, 0.1) is 11.3 Å². The van der Waals surface area contributed by atoms with E-state index >= 15 is 0 Å². The van der Waals surface area contributed by atoms with E-state index in [1.807, 2.05) is 0 Å². The number of rotatable bonds is 7. The first-order valence-corrected chi connectivity index (χ1v) is 8.60. The Morgan fingerprint density at radius 1 is 1.12 bits per heavy atom. The van der Waals surface area contributed by atoms with Gasteiger partial charge in [0.2, 0.25) is 0 Å². The highest BCUT2D eigenvalue weighted by molar-refractivity contribution is 5.74. The number of ether oxygens (including phenoxy) is 1. The van der Waals surface area contributed by atoms with Gasteiger partial charge in [-0.15, -0.1) is 0 Å². The second-order valence-electron chi connectivity index (χ2n) is 7.57. The van der Waals surface area contributed by atoms with Crippen LogP contribution < -0.4 is 10.6 Å². The molecule has 0 aliphatic heterocycles. The molecule has 1 saturated carbocycles. The Labute approximate surface area is 143 Å². The number of carboxylic acids is 1. The molecule has 0 aromatic rings. The van der Waals surface area contributed by atoms with E-state index < -0.39 is 5.97 Å². The van der Waals surface area contributed by atoms with Crippen molar-refractivity contribution in [2.45, 2.75) is 65.3 Å². The van der Waals surface area contributed by atoms with Crippen molar-refractivity contribution >= 4 is 18.0 Å². The molecule has 0 heterocycles. The number of urea groups is 1. The van der Waals surface area contributed by atoms with Crippen molar-refractivity contribution in [1.82, 2.24) is 10.6 Å². The second-order valence-corrected chi connectivity index (χ2v) is 7.57. The number of carboxylic acid groups (broad SMARTS) is 1. The van der Waals surface area contributed by atoms with Crippen LogP contribution in [0.4, 0.5) is 4.79 Å².